The predicted molar refractivity (Wildman–Crippen MR) is 75.2 cm³/mol. The van der Waals surface area contributed by atoms with Gasteiger partial charge in [-0.3, -0.25) is 0 Å². The van der Waals surface area contributed by atoms with Gasteiger partial charge in [-0.15, -0.1) is 0 Å². The Bertz CT molecular complexity index is 371. The summed E-state index contributed by atoms with van der Waals surface area (Å²) < 4.78 is 10.4. The van der Waals surface area contributed by atoms with Crippen LogP contribution in [-0.2, 0) is 15.9 Å². The minimum absolute atomic E-state index is 0.201. The van der Waals surface area contributed by atoms with Crippen molar-refractivity contribution in [2.24, 2.45) is 0 Å². The standard InChI is InChI=1S/C15H23NO3/c1-15(2,3)19-12-11-18-14(17)16-10-9-13-7-5-4-6-8-13/h4-8H,9-12H2,1-3H3,(H,16,17). The van der Waals surface area contributed by atoms with Crippen LogP contribution in [0.3, 0.4) is 0 Å². The van der Waals surface area contributed by atoms with Gasteiger partial charge in [0, 0.05) is 6.54 Å². The molecule has 1 amide bonds. The molecule has 4 nitrogen and oxygen atoms in total. The molecule has 0 saturated carbocycles. The third-order valence-electron chi connectivity index (χ3n) is 2.38. The Kier molecular flexibility index (Phi) is 6.36. The average molecular weight is 265 g/mol. The van der Waals surface area contributed by atoms with Crippen LogP contribution in [-0.4, -0.2) is 31.5 Å². The Hall–Kier alpha value is -1.55. The van der Waals surface area contributed by atoms with Crippen molar-refractivity contribution in [1.82, 2.24) is 5.32 Å². The predicted octanol–water partition coefficient (Wildman–Crippen LogP) is 2.77. The maximum Gasteiger partial charge on any atom is 0.407 e. The molecule has 0 aromatic heterocycles. The molecule has 1 N–H and O–H groups in total. The highest BCUT2D eigenvalue weighted by molar-refractivity contribution is 5.67. The lowest BCUT2D eigenvalue weighted by Crippen LogP contribution is -2.29. The van der Waals surface area contributed by atoms with Crippen molar-refractivity contribution in [3.63, 3.8) is 0 Å². The quantitative estimate of drug-likeness (QED) is 0.805. The van der Waals surface area contributed by atoms with Crippen LogP contribution in [0.15, 0.2) is 30.3 Å². The van der Waals surface area contributed by atoms with Gasteiger partial charge in [0.25, 0.3) is 0 Å². The smallest absolute Gasteiger partial charge is 0.407 e. The van der Waals surface area contributed by atoms with E-state index in [0.29, 0.717) is 13.2 Å². The molecule has 0 saturated heterocycles. The molecule has 19 heavy (non-hydrogen) atoms. The van der Waals surface area contributed by atoms with Crippen molar-refractivity contribution >= 4 is 6.09 Å². The van der Waals surface area contributed by atoms with Crippen LogP contribution in [0.4, 0.5) is 4.79 Å². The van der Waals surface area contributed by atoms with Gasteiger partial charge in [-0.25, -0.2) is 4.79 Å². The Morgan fingerprint density at radius 3 is 2.47 bits per heavy atom. The Labute approximate surface area is 115 Å². The first kappa shape index (κ1) is 15.5. The van der Waals surface area contributed by atoms with Crippen LogP contribution in [0, 0.1) is 0 Å². The lowest BCUT2D eigenvalue weighted by molar-refractivity contribution is -0.0230. The summed E-state index contributed by atoms with van der Waals surface area (Å²) in [7, 11) is 0. The fraction of sp³-hybridized carbons (Fsp3) is 0.533. The first-order valence-corrected chi connectivity index (χ1v) is 6.56. The SMILES string of the molecule is CC(C)(C)OCCOC(=O)NCCc1ccccc1. The van der Waals surface area contributed by atoms with E-state index >= 15 is 0 Å². The summed E-state index contributed by atoms with van der Waals surface area (Å²) in [6.45, 7) is 7.15. The third-order valence-corrected chi connectivity index (χ3v) is 2.38. The van der Waals surface area contributed by atoms with E-state index in [1.54, 1.807) is 0 Å². The van der Waals surface area contributed by atoms with Crippen molar-refractivity contribution in [3.8, 4) is 0 Å². The molecule has 1 rings (SSSR count). The van der Waals surface area contributed by atoms with Crippen molar-refractivity contribution in [1.29, 1.82) is 0 Å². The van der Waals surface area contributed by atoms with Gasteiger partial charge in [-0.05, 0) is 32.8 Å². The highest BCUT2D eigenvalue weighted by atomic mass is 16.6. The van der Waals surface area contributed by atoms with Gasteiger partial charge in [-0.2, -0.15) is 0 Å². The lowest BCUT2D eigenvalue weighted by Gasteiger charge is -2.19. The van der Waals surface area contributed by atoms with Crippen molar-refractivity contribution < 1.29 is 14.3 Å². The van der Waals surface area contributed by atoms with Gasteiger partial charge in [0.15, 0.2) is 0 Å². The summed E-state index contributed by atoms with van der Waals surface area (Å²) in [4.78, 5) is 11.4. The molecule has 0 aliphatic rings. The molecule has 0 fully saturated rings. The fourth-order valence-corrected chi connectivity index (χ4v) is 1.49. The summed E-state index contributed by atoms with van der Waals surface area (Å²) in [6, 6.07) is 10.0. The molecule has 0 aliphatic heterocycles. The maximum atomic E-state index is 11.4. The monoisotopic (exact) mass is 265 g/mol. The average Bonchev–Trinajstić information content (AvgIpc) is 2.35. The summed E-state index contributed by atoms with van der Waals surface area (Å²) in [5.41, 5.74) is 0.992. The van der Waals surface area contributed by atoms with E-state index in [0.717, 1.165) is 6.42 Å². The lowest BCUT2D eigenvalue weighted by atomic mass is 10.1. The van der Waals surface area contributed by atoms with Crippen LogP contribution >= 0.6 is 0 Å². The molecule has 0 atom stereocenters. The van der Waals surface area contributed by atoms with Crippen LogP contribution < -0.4 is 5.32 Å². The number of nitrogens with one attached hydrogen (secondary N) is 1. The number of hydrogen-bond donors (Lipinski definition) is 1. The number of benzene rings is 1. The molecule has 1 aromatic rings. The number of alkyl carbamates (subject to hydrolysis) is 1. The Morgan fingerprint density at radius 1 is 1.16 bits per heavy atom. The van der Waals surface area contributed by atoms with Gasteiger partial charge in [0.2, 0.25) is 0 Å². The molecule has 0 radical (unpaired) electrons. The fourth-order valence-electron chi connectivity index (χ4n) is 1.49. The maximum absolute atomic E-state index is 11.4. The van der Waals surface area contributed by atoms with E-state index in [1.807, 2.05) is 51.1 Å². The van der Waals surface area contributed by atoms with Crippen molar-refractivity contribution in [2.45, 2.75) is 32.8 Å². The molecule has 106 valence electrons. The Morgan fingerprint density at radius 2 is 1.84 bits per heavy atom. The number of hydrogen-bond acceptors (Lipinski definition) is 3. The topological polar surface area (TPSA) is 47.6 Å². The zero-order valence-corrected chi connectivity index (χ0v) is 11.9. The molecule has 1 aromatic carbocycles. The summed E-state index contributed by atoms with van der Waals surface area (Å²) >= 11 is 0. The van der Waals surface area contributed by atoms with Gasteiger partial charge in [0.05, 0.1) is 12.2 Å². The molecule has 0 unspecified atom stereocenters. The first-order chi connectivity index (χ1) is 8.97. The van der Waals surface area contributed by atoms with Gasteiger partial charge in [0.1, 0.15) is 6.61 Å². The minimum Gasteiger partial charge on any atom is -0.447 e. The normalized spacial score (nSPS) is 11.1. The van der Waals surface area contributed by atoms with Gasteiger partial charge < -0.3 is 14.8 Å². The van der Waals surface area contributed by atoms with Crippen LogP contribution in [0.5, 0.6) is 0 Å². The molecule has 0 spiro atoms. The summed E-state index contributed by atoms with van der Waals surface area (Å²) in [5.74, 6) is 0. The van der Waals surface area contributed by atoms with Crippen molar-refractivity contribution in [2.75, 3.05) is 19.8 Å². The second-order valence-electron chi connectivity index (χ2n) is 5.26. The van der Waals surface area contributed by atoms with Gasteiger partial charge >= 0.3 is 6.09 Å². The van der Waals surface area contributed by atoms with E-state index in [1.165, 1.54) is 5.56 Å². The molecule has 0 heterocycles. The highest BCUT2D eigenvalue weighted by Crippen LogP contribution is 2.05. The molecular formula is C15H23NO3. The number of carbonyl (C=O) groups is 1. The molecular weight excluding hydrogens is 242 g/mol. The number of amides is 1. The van der Waals surface area contributed by atoms with Crippen LogP contribution in [0.25, 0.3) is 0 Å². The molecule has 0 aliphatic carbocycles. The van der Waals surface area contributed by atoms with Crippen molar-refractivity contribution in [3.05, 3.63) is 35.9 Å². The zero-order chi connectivity index (χ0) is 14.1. The van der Waals surface area contributed by atoms with Gasteiger partial charge in [-0.1, -0.05) is 30.3 Å². The molecule has 4 heteroatoms. The van der Waals surface area contributed by atoms with E-state index in [9.17, 15) is 4.79 Å². The second kappa shape index (κ2) is 7.79. The third kappa shape index (κ3) is 8.21. The second-order valence-corrected chi connectivity index (χ2v) is 5.26. The summed E-state index contributed by atoms with van der Waals surface area (Å²) in [6.07, 6.45) is 0.405. The minimum atomic E-state index is -0.395. The molecule has 0 bridgehead atoms. The summed E-state index contributed by atoms with van der Waals surface area (Å²) in [5, 5.41) is 2.71. The number of rotatable bonds is 6. The van der Waals surface area contributed by atoms with Crippen LogP contribution in [0.2, 0.25) is 0 Å². The number of carbonyl (C=O) groups excluding carboxylic acids is 1. The zero-order valence-electron chi connectivity index (χ0n) is 11.9. The van der Waals surface area contributed by atoms with E-state index in [2.05, 4.69) is 5.32 Å². The number of ether oxygens (including phenoxy) is 2. The first-order valence-electron chi connectivity index (χ1n) is 6.56. The van der Waals surface area contributed by atoms with E-state index < -0.39 is 6.09 Å². The van der Waals surface area contributed by atoms with Crippen LogP contribution in [0.1, 0.15) is 26.3 Å². The van der Waals surface area contributed by atoms with E-state index in [4.69, 9.17) is 9.47 Å². The Balaban J connectivity index is 2.05. The highest BCUT2D eigenvalue weighted by Gasteiger charge is 2.10. The largest absolute Gasteiger partial charge is 0.447 e. The van der Waals surface area contributed by atoms with E-state index in [-0.39, 0.29) is 12.2 Å².